The van der Waals surface area contributed by atoms with E-state index in [2.05, 4.69) is 36.0 Å². The quantitative estimate of drug-likeness (QED) is 0.735. The van der Waals surface area contributed by atoms with Gasteiger partial charge < -0.3 is 5.73 Å². The van der Waals surface area contributed by atoms with Crippen LogP contribution in [0.3, 0.4) is 0 Å². The van der Waals surface area contributed by atoms with Gasteiger partial charge in [0.15, 0.2) is 5.82 Å². The van der Waals surface area contributed by atoms with Crippen molar-refractivity contribution in [2.75, 3.05) is 5.73 Å². The fourth-order valence-corrected chi connectivity index (χ4v) is 1.95. The van der Waals surface area contributed by atoms with Crippen molar-refractivity contribution in [1.29, 1.82) is 0 Å². The van der Waals surface area contributed by atoms with Gasteiger partial charge in [-0.25, -0.2) is 4.98 Å². The molecule has 3 rings (SSSR count). The Balaban J connectivity index is 2.21. The summed E-state index contributed by atoms with van der Waals surface area (Å²) >= 11 is 3.26. The molecule has 0 spiro atoms. The van der Waals surface area contributed by atoms with Crippen LogP contribution in [0.5, 0.6) is 0 Å². The highest BCUT2D eigenvalue weighted by Gasteiger charge is 2.09. The van der Waals surface area contributed by atoms with E-state index in [0.717, 1.165) is 11.0 Å². The van der Waals surface area contributed by atoms with Crippen LogP contribution in [-0.2, 0) is 0 Å². The molecule has 0 unspecified atom stereocenters. The third-order valence-electron chi connectivity index (χ3n) is 2.24. The molecule has 0 radical (unpaired) electrons. The van der Waals surface area contributed by atoms with E-state index in [9.17, 15) is 0 Å². The van der Waals surface area contributed by atoms with E-state index in [1.54, 1.807) is 6.20 Å². The van der Waals surface area contributed by atoms with Crippen molar-refractivity contribution in [3.63, 3.8) is 0 Å². The van der Waals surface area contributed by atoms with Crippen LogP contribution in [0.15, 0.2) is 35.2 Å². The molecule has 3 aromatic rings. The summed E-state index contributed by atoms with van der Waals surface area (Å²) in [6, 6.07) is 7.61. The zero-order valence-corrected chi connectivity index (χ0v) is 10.2. The lowest BCUT2D eigenvalue weighted by molar-refractivity contribution is 0.827. The molecule has 0 saturated heterocycles. The summed E-state index contributed by atoms with van der Waals surface area (Å²) in [5, 5.41) is 4.02. The van der Waals surface area contributed by atoms with Gasteiger partial charge in [0.25, 0.3) is 0 Å². The molecule has 1 aromatic carbocycles. The van der Waals surface area contributed by atoms with Gasteiger partial charge in [-0.05, 0) is 28.1 Å². The fourth-order valence-electron chi connectivity index (χ4n) is 1.50. The van der Waals surface area contributed by atoms with Gasteiger partial charge in [-0.2, -0.15) is 9.67 Å². The van der Waals surface area contributed by atoms with Crippen LogP contribution >= 0.6 is 15.9 Å². The first-order valence-corrected chi connectivity index (χ1v) is 5.63. The van der Waals surface area contributed by atoms with E-state index in [1.807, 2.05) is 24.3 Å². The van der Waals surface area contributed by atoms with Crippen LogP contribution in [0, 0.1) is 0 Å². The molecule has 84 valence electrons. The topological polar surface area (TPSA) is 82.5 Å². The van der Waals surface area contributed by atoms with Crippen molar-refractivity contribution in [1.82, 2.24) is 24.7 Å². The Morgan fingerprint density at radius 3 is 2.59 bits per heavy atom. The SMILES string of the molecule is Nc1nc(Br)n(-c2cnc3ccccc3n2)n1. The number of benzene rings is 1. The highest BCUT2D eigenvalue weighted by Crippen LogP contribution is 2.15. The minimum atomic E-state index is 0.187. The van der Waals surface area contributed by atoms with E-state index < -0.39 is 0 Å². The van der Waals surface area contributed by atoms with Crippen molar-refractivity contribution in [2.24, 2.45) is 0 Å². The standard InChI is InChI=1S/C10H7BrN6/c11-9-15-10(12)16-17(9)8-5-13-6-3-1-2-4-7(6)14-8/h1-5H,(H2,12,16). The number of halogens is 1. The van der Waals surface area contributed by atoms with E-state index >= 15 is 0 Å². The number of nitrogens with zero attached hydrogens (tertiary/aromatic N) is 5. The Kier molecular flexibility index (Phi) is 2.25. The molecule has 0 aliphatic heterocycles. The molecule has 0 amide bonds. The average Bonchev–Trinajstić information content (AvgIpc) is 2.68. The normalized spacial score (nSPS) is 10.9. The van der Waals surface area contributed by atoms with Gasteiger partial charge in [0.2, 0.25) is 10.7 Å². The van der Waals surface area contributed by atoms with Crippen LogP contribution in [0.1, 0.15) is 0 Å². The van der Waals surface area contributed by atoms with Crippen LogP contribution in [0.4, 0.5) is 5.95 Å². The summed E-state index contributed by atoms with van der Waals surface area (Å²) in [4.78, 5) is 12.7. The maximum atomic E-state index is 5.51. The van der Waals surface area contributed by atoms with Gasteiger partial charge >= 0.3 is 0 Å². The Morgan fingerprint density at radius 2 is 1.88 bits per heavy atom. The minimum Gasteiger partial charge on any atom is -0.366 e. The van der Waals surface area contributed by atoms with E-state index in [-0.39, 0.29) is 5.95 Å². The van der Waals surface area contributed by atoms with Crippen LogP contribution < -0.4 is 5.73 Å². The Bertz CT molecular complexity index is 692. The smallest absolute Gasteiger partial charge is 0.240 e. The van der Waals surface area contributed by atoms with Crippen molar-refractivity contribution in [3.8, 4) is 5.82 Å². The second kappa shape index (κ2) is 3.77. The van der Waals surface area contributed by atoms with Gasteiger partial charge in [-0.15, -0.1) is 5.10 Å². The second-order valence-electron chi connectivity index (χ2n) is 3.37. The number of anilines is 1. The number of hydrogen-bond donors (Lipinski definition) is 1. The first-order chi connectivity index (χ1) is 8.24. The number of nitrogens with two attached hydrogens (primary N) is 1. The predicted octanol–water partition coefficient (Wildman–Crippen LogP) is 1.56. The molecular weight excluding hydrogens is 284 g/mol. The molecule has 2 N–H and O–H groups in total. The van der Waals surface area contributed by atoms with Crippen molar-refractivity contribution in [2.45, 2.75) is 0 Å². The molecule has 0 saturated carbocycles. The number of para-hydroxylation sites is 2. The average molecular weight is 291 g/mol. The summed E-state index contributed by atoms with van der Waals surface area (Å²) in [5.41, 5.74) is 7.14. The third-order valence-corrected chi connectivity index (χ3v) is 2.75. The maximum absolute atomic E-state index is 5.51. The largest absolute Gasteiger partial charge is 0.366 e. The van der Waals surface area contributed by atoms with Gasteiger partial charge in [-0.3, -0.25) is 4.98 Å². The van der Waals surface area contributed by atoms with E-state index in [1.165, 1.54) is 4.68 Å². The first-order valence-electron chi connectivity index (χ1n) is 4.84. The number of aromatic nitrogens is 5. The minimum absolute atomic E-state index is 0.187. The monoisotopic (exact) mass is 290 g/mol. The lowest BCUT2D eigenvalue weighted by Gasteiger charge is -2.01. The molecule has 7 heteroatoms. The van der Waals surface area contributed by atoms with Crippen molar-refractivity contribution >= 4 is 32.9 Å². The summed E-state index contributed by atoms with van der Waals surface area (Å²) in [6.07, 6.45) is 1.63. The summed E-state index contributed by atoms with van der Waals surface area (Å²) in [7, 11) is 0. The van der Waals surface area contributed by atoms with Gasteiger partial charge in [0.1, 0.15) is 0 Å². The van der Waals surface area contributed by atoms with Gasteiger partial charge in [0, 0.05) is 0 Å². The molecule has 0 aliphatic carbocycles. The Labute approximate surface area is 105 Å². The number of nitrogen functional groups attached to an aromatic ring is 1. The highest BCUT2D eigenvalue weighted by atomic mass is 79.9. The zero-order valence-electron chi connectivity index (χ0n) is 8.58. The molecule has 0 aliphatic rings. The molecule has 2 aromatic heterocycles. The fraction of sp³-hybridized carbons (Fsp3) is 0. The first kappa shape index (κ1) is 10.2. The number of fused-ring (bicyclic) bond motifs is 1. The van der Waals surface area contributed by atoms with Gasteiger partial charge in [0.05, 0.1) is 17.2 Å². The molecule has 2 heterocycles. The summed E-state index contributed by atoms with van der Waals surface area (Å²) in [5.74, 6) is 0.756. The molecule has 0 fully saturated rings. The lowest BCUT2D eigenvalue weighted by atomic mass is 10.3. The van der Waals surface area contributed by atoms with E-state index in [4.69, 9.17) is 5.73 Å². The summed E-state index contributed by atoms with van der Waals surface area (Å²) < 4.78 is 1.99. The lowest BCUT2D eigenvalue weighted by Crippen LogP contribution is -2.02. The van der Waals surface area contributed by atoms with Crippen LogP contribution in [0.2, 0.25) is 0 Å². The van der Waals surface area contributed by atoms with E-state index in [0.29, 0.717) is 10.6 Å². The van der Waals surface area contributed by atoms with Gasteiger partial charge in [-0.1, -0.05) is 12.1 Å². The maximum Gasteiger partial charge on any atom is 0.240 e. The van der Waals surface area contributed by atoms with Crippen molar-refractivity contribution in [3.05, 3.63) is 35.2 Å². The molecule has 17 heavy (non-hydrogen) atoms. The number of rotatable bonds is 1. The molecule has 6 nitrogen and oxygen atoms in total. The van der Waals surface area contributed by atoms with Crippen LogP contribution in [-0.4, -0.2) is 24.7 Å². The Hall–Kier alpha value is -2.02. The zero-order chi connectivity index (χ0) is 11.8. The molecule has 0 atom stereocenters. The molecule has 0 bridgehead atoms. The second-order valence-corrected chi connectivity index (χ2v) is 4.08. The molecular formula is C10H7BrN6. The number of hydrogen-bond acceptors (Lipinski definition) is 5. The predicted molar refractivity (Wildman–Crippen MR) is 66.6 cm³/mol. The summed E-state index contributed by atoms with van der Waals surface area (Å²) in [6.45, 7) is 0. The highest BCUT2D eigenvalue weighted by molar-refractivity contribution is 9.10. The van der Waals surface area contributed by atoms with Crippen LogP contribution in [0.25, 0.3) is 16.9 Å². The van der Waals surface area contributed by atoms with Crippen molar-refractivity contribution < 1.29 is 0 Å². The Morgan fingerprint density at radius 1 is 1.12 bits per heavy atom. The third kappa shape index (κ3) is 1.74.